The molecule has 1 heterocycles. The Bertz CT molecular complexity index is 695. The lowest BCUT2D eigenvalue weighted by Gasteiger charge is -2.38. The molecule has 1 aromatic rings. The molecule has 27 heavy (non-hydrogen) atoms. The zero-order chi connectivity index (χ0) is 19.0. The van der Waals surface area contributed by atoms with Gasteiger partial charge in [-0.1, -0.05) is 12.5 Å². The highest BCUT2D eigenvalue weighted by atomic mass is 19.4. The molecule has 2 aliphatic carbocycles. The Balaban J connectivity index is 1.49. The van der Waals surface area contributed by atoms with Crippen LogP contribution in [0.5, 0.6) is 0 Å². The van der Waals surface area contributed by atoms with Gasteiger partial charge in [-0.2, -0.15) is 13.2 Å². The number of hydrogen-bond acceptors (Lipinski definition) is 3. The summed E-state index contributed by atoms with van der Waals surface area (Å²) in [7, 11) is 0. The number of ether oxygens (including phenoxy) is 1. The SMILES string of the molecule is O=C(C[C@@H]1COCC[C@H]1NC1CCC1)c1ccc(C(F)(F)F)cc1C1CC1. The van der Waals surface area contributed by atoms with Gasteiger partial charge in [-0.05, 0) is 55.7 Å². The van der Waals surface area contributed by atoms with Gasteiger partial charge in [-0.15, -0.1) is 0 Å². The lowest BCUT2D eigenvalue weighted by atomic mass is 9.84. The van der Waals surface area contributed by atoms with Gasteiger partial charge >= 0.3 is 6.18 Å². The smallest absolute Gasteiger partial charge is 0.381 e. The van der Waals surface area contributed by atoms with E-state index in [-0.39, 0.29) is 23.7 Å². The largest absolute Gasteiger partial charge is 0.416 e. The van der Waals surface area contributed by atoms with Crippen molar-refractivity contribution in [2.45, 2.75) is 69.1 Å². The maximum atomic E-state index is 13.1. The third kappa shape index (κ3) is 4.37. The molecular weight excluding hydrogens is 355 g/mol. The number of halogens is 3. The van der Waals surface area contributed by atoms with Crippen molar-refractivity contribution in [3.8, 4) is 0 Å². The number of Topliss-reactive ketones (excluding diaryl/α,β-unsaturated/α-hetero) is 1. The van der Waals surface area contributed by atoms with Gasteiger partial charge in [-0.25, -0.2) is 0 Å². The van der Waals surface area contributed by atoms with Crippen LogP contribution in [0.1, 0.15) is 72.3 Å². The summed E-state index contributed by atoms with van der Waals surface area (Å²) in [6, 6.07) is 4.41. The molecule has 4 rings (SSSR count). The molecule has 1 aromatic carbocycles. The van der Waals surface area contributed by atoms with Gasteiger partial charge in [0.15, 0.2) is 5.78 Å². The molecule has 6 heteroatoms. The summed E-state index contributed by atoms with van der Waals surface area (Å²) in [5.41, 5.74) is 0.389. The highest BCUT2D eigenvalue weighted by molar-refractivity contribution is 5.98. The van der Waals surface area contributed by atoms with Crippen LogP contribution in [0.25, 0.3) is 0 Å². The average Bonchev–Trinajstić information content (AvgIpc) is 3.43. The van der Waals surface area contributed by atoms with Crippen LogP contribution in [0.15, 0.2) is 18.2 Å². The quantitative estimate of drug-likeness (QED) is 0.726. The van der Waals surface area contributed by atoms with Crippen molar-refractivity contribution in [1.29, 1.82) is 0 Å². The monoisotopic (exact) mass is 381 g/mol. The molecule has 0 amide bonds. The number of benzene rings is 1. The molecule has 3 aliphatic rings. The lowest BCUT2D eigenvalue weighted by Crippen LogP contribution is -2.50. The molecule has 0 aromatic heterocycles. The first-order valence-electron chi connectivity index (χ1n) is 10.00. The van der Waals surface area contributed by atoms with Gasteiger partial charge in [0.05, 0.1) is 12.2 Å². The number of hydrogen-bond donors (Lipinski definition) is 1. The fourth-order valence-corrected chi connectivity index (χ4v) is 4.17. The van der Waals surface area contributed by atoms with Gasteiger partial charge in [0, 0.05) is 36.6 Å². The summed E-state index contributed by atoms with van der Waals surface area (Å²) in [5.74, 6) is 0.125. The highest BCUT2D eigenvalue weighted by Crippen LogP contribution is 2.44. The third-order valence-electron chi connectivity index (χ3n) is 6.17. The Morgan fingerprint density at radius 1 is 1.15 bits per heavy atom. The summed E-state index contributed by atoms with van der Waals surface area (Å²) in [5, 5.41) is 3.66. The first kappa shape index (κ1) is 18.9. The number of nitrogens with one attached hydrogen (secondary N) is 1. The van der Waals surface area contributed by atoms with E-state index in [1.807, 2.05) is 0 Å². The summed E-state index contributed by atoms with van der Waals surface area (Å²) in [4.78, 5) is 13.0. The van der Waals surface area contributed by atoms with Crippen molar-refractivity contribution >= 4 is 5.78 Å². The second kappa shape index (κ2) is 7.55. The van der Waals surface area contributed by atoms with Crippen molar-refractivity contribution < 1.29 is 22.7 Å². The van der Waals surface area contributed by atoms with E-state index in [1.54, 1.807) is 0 Å². The fraction of sp³-hybridized carbons (Fsp3) is 0.667. The van der Waals surface area contributed by atoms with E-state index >= 15 is 0 Å². The first-order valence-corrected chi connectivity index (χ1v) is 10.00. The topological polar surface area (TPSA) is 38.3 Å². The van der Waals surface area contributed by atoms with Crippen LogP contribution in [0.2, 0.25) is 0 Å². The second-order valence-electron chi connectivity index (χ2n) is 8.23. The first-order chi connectivity index (χ1) is 12.9. The molecule has 3 fully saturated rings. The summed E-state index contributed by atoms with van der Waals surface area (Å²) in [6.45, 7) is 1.23. The molecule has 0 bridgehead atoms. The number of ketones is 1. The Kier molecular flexibility index (Phi) is 5.30. The maximum absolute atomic E-state index is 13.1. The van der Waals surface area contributed by atoms with E-state index in [0.717, 1.165) is 25.3 Å². The number of carbonyl (C=O) groups is 1. The predicted octanol–water partition coefficient (Wildman–Crippen LogP) is 4.70. The van der Waals surface area contributed by atoms with E-state index in [4.69, 9.17) is 4.74 Å². The Hall–Kier alpha value is -1.40. The van der Waals surface area contributed by atoms with Gasteiger partial charge in [0.25, 0.3) is 0 Å². The predicted molar refractivity (Wildman–Crippen MR) is 95.9 cm³/mol. The lowest BCUT2D eigenvalue weighted by molar-refractivity contribution is -0.137. The molecule has 2 atom stereocenters. The van der Waals surface area contributed by atoms with E-state index in [2.05, 4.69) is 5.32 Å². The number of alkyl halides is 3. The van der Waals surface area contributed by atoms with Crippen molar-refractivity contribution in [3.05, 3.63) is 34.9 Å². The van der Waals surface area contributed by atoms with E-state index in [9.17, 15) is 18.0 Å². The maximum Gasteiger partial charge on any atom is 0.416 e. The van der Waals surface area contributed by atoms with Crippen LogP contribution < -0.4 is 5.32 Å². The zero-order valence-corrected chi connectivity index (χ0v) is 15.4. The summed E-state index contributed by atoms with van der Waals surface area (Å²) < 4.78 is 44.8. The summed E-state index contributed by atoms with van der Waals surface area (Å²) >= 11 is 0. The van der Waals surface area contributed by atoms with Gasteiger partial charge in [0.2, 0.25) is 0 Å². The Labute approximate surface area is 157 Å². The minimum Gasteiger partial charge on any atom is -0.381 e. The van der Waals surface area contributed by atoms with Crippen LogP contribution in [-0.2, 0) is 10.9 Å². The highest BCUT2D eigenvalue weighted by Gasteiger charge is 2.36. The molecule has 1 saturated heterocycles. The summed E-state index contributed by atoms with van der Waals surface area (Å²) in [6.07, 6.45) is 2.18. The number of carbonyl (C=O) groups excluding carboxylic acids is 1. The molecule has 0 unspecified atom stereocenters. The standard InChI is InChI=1S/C21H26F3NO2/c22-21(23,24)15-6-7-17(18(11-15)13-4-5-13)20(26)10-14-12-27-9-8-19(14)25-16-2-1-3-16/h6-7,11,13-14,16,19,25H,1-5,8-10,12H2/t14-,19-/m1/s1. The van der Waals surface area contributed by atoms with Crippen LogP contribution >= 0.6 is 0 Å². The third-order valence-corrected chi connectivity index (χ3v) is 6.17. The Morgan fingerprint density at radius 2 is 1.93 bits per heavy atom. The van der Waals surface area contributed by atoms with Crippen molar-refractivity contribution in [3.63, 3.8) is 0 Å². The van der Waals surface area contributed by atoms with E-state index in [1.165, 1.54) is 31.4 Å². The van der Waals surface area contributed by atoms with Crippen LogP contribution in [-0.4, -0.2) is 31.1 Å². The Morgan fingerprint density at radius 3 is 2.56 bits per heavy atom. The van der Waals surface area contributed by atoms with Crippen LogP contribution in [0, 0.1) is 5.92 Å². The molecular formula is C21H26F3NO2. The molecule has 1 N–H and O–H groups in total. The number of rotatable bonds is 6. The van der Waals surface area contributed by atoms with Gasteiger partial charge in [0.1, 0.15) is 0 Å². The second-order valence-corrected chi connectivity index (χ2v) is 8.23. The van der Waals surface area contributed by atoms with Crippen molar-refractivity contribution in [1.82, 2.24) is 5.32 Å². The van der Waals surface area contributed by atoms with Crippen molar-refractivity contribution in [2.24, 2.45) is 5.92 Å². The molecule has 0 radical (unpaired) electrons. The van der Waals surface area contributed by atoms with Crippen LogP contribution in [0.3, 0.4) is 0 Å². The minimum atomic E-state index is -4.37. The van der Waals surface area contributed by atoms with E-state index in [0.29, 0.717) is 36.8 Å². The zero-order valence-electron chi connectivity index (χ0n) is 15.4. The minimum absolute atomic E-state index is 0.0541. The van der Waals surface area contributed by atoms with Crippen LogP contribution in [0.4, 0.5) is 13.2 Å². The normalized spacial score (nSPS) is 26.6. The fourth-order valence-electron chi connectivity index (χ4n) is 4.17. The molecule has 2 saturated carbocycles. The van der Waals surface area contributed by atoms with Gasteiger partial charge < -0.3 is 10.1 Å². The average molecular weight is 381 g/mol. The molecule has 3 nitrogen and oxygen atoms in total. The molecule has 1 aliphatic heterocycles. The molecule has 148 valence electrons. The van der Waals surface area contributed by atoms with Crippen molar-refractivity contribution in [2.75, 3.05) is 13.2 Å². The van der Waals surface area contributed by atoms with E-state index < -0.39 is 11.7 Å². The molecule has 0 spiro atoms. The van der Waals surface area contributed by atoms with Gasteiger partial charge in [-0.3, -0.25) is 4.79 Å².